The van der Waals surface area contributed by atoms with Crippen LogP contribution in [0.5, 0.6) is 11.5 Å². The average Bonchev–Trinajstić information content (AvgIpc) is 2.60. The van der Waals surface area contributed by atoms with E-state index >= 15 is 0 Å². The molecule has 0 amide bonds. The molecule has 0 aliphatic carbocycles. The minimum absolute atomic E-state index is 0.737. The minimum Gasteiger partial charge on any atom is -0.490 e. The van der Waals surface area contributed by atoms with Gasteiger partial charge >= 0.3 is 0 Å². The van der Waals surface area contributed by atoms with Crippen LogP contribution < -0.4 is 9.47 Å². The van der Waals surface area contributed by atoms with Crippen LogP contribution in [-0.2, 0) is 0 Å². The van der Waals surface area contributed by atoms with Gasteiger partial charge in [0.2, 0.25) is 0 Å². The zero-order valence-corrected chi connectivity index (χ0v) is 11.6. The smallest absolute Gasteiger partial charge is 0.161 e. The van der Waals surface area contributed by atoms with E-state index in [0.29, 0.717) is 0 Å². The normalized spacial score (nSPS) is 15.5. The third-order valence-electron chi connectivity index (χ3n) is 2.76. The molecule has 17 heavy (non-hydrogen) atoms. The second-order valence-corrected chi connectivity index (χ2v) is 4.87. The molecule has 0 radical (unpaired) electrons. The lowest BCUT2D eigenvalue weighted by Gasteiger charge is -2.09. The van der Waals surface area contributed by atoms with Gasteiger partial charge in [0.25, 0.3) is 0 Å². The highest BCUT2D eigenvalue weighted by molar-refractivity contribution is 9.09. The van der Waals surface area contributed by atoms with Crippen LogP contribution in [0, 0.1) is 0 Å². The number of ether oxygens (including phenoxy) is 2. The Morgan fingerprint density at radius 1 is 1.29 bits per heavy atom. The summed E-state index contributed by atoms with van der Waals surface area (Å²) in [6.45, 7) is 3.60. The highest BCUT2D eigenvalue weighted by Crippen LogP contribution is 2.32. The molecule has 1 aromatic rings. The molecule has 1 aliphatic rings. The lowest BCUT2D eigenvalue weighted by Crippen LogP contribution is -1.97. The van der Waals surface area contributed by atoms with Crippen molar-refractivity contribution in [1.29, 1.82) is 0 Å². The van der Waals surface area contributed by atoms with E-state index in [1.54, 1.807) is 0 Å². The Morgan fingerprint density at radius 2 is 2.06 bits per heavy atom. The van der Waals surface area contributed by atoms with Gasteiger partial charge < -0.3 is 9.47 Å². The molecular formula is C14H17BrO2. The maximum atomic E-state index is 5.68. The summed E-state index contributed by atoms with van der Waals surface area (Å²) in [4.78, 5) is 0. The van der Waals surface area contributed by atoms with Crippen molar-refractivity contribution in [3.63, 3.8) is 0 Å². The summed E-state index contributed by atoms with van der Waals surface area (Å²) >= 11 is 3.43. The van der Waals surface area contributed by atoms with Gasteiger partial charge in [-0.05, 0) is 36.6 Å². The maximum absolute atomic E-state index is 5.68. The zero-order valence-electron chi connectivity index (χ0n) is 10.0. The molecule has 0 N–H and O–H groups in total. The average molecular weight is 297 g/mol. The van der Waals surface area contributed by atoms with E-state index in [-0.39, 0.29) is 0 Å². The predicted octanol–water partition coefficient (Wildman–Crippen LogP) is 4.04. The van der Waals surface area contributed by atoms with Gasteiger partial charge in [-0.3, -0.25) is 0 Å². The number of hydrogen-bond acceptors (Lipinski definition) is 2. The fourth-order valence-corrected chi connectivity index (χ4v) is 2.03. The van der Waals surface area contributed by atoms with Crippen molar-refractivity contribution in [2.24, 2.45) is 0 Å². The molecule has 0 spiro atoms. The molecule has 3 heteroatoms. The highest BCUT2D eigenvalue weighted by Gasteiger charge is 2.10. The minimum atomic E-state index is 0.737. The number of hydrogen-bond donors (Lipinski definition) is 0. The Morgan fingerprint density at radius 3 is 2.82 bits per heavy atom. The number of alkyl halides is 1. The van der Waals surface area contributed by atoms with Crippen molar-refractivity contribution in [3.05, 3.63) is 29.8 Å². The summed E-state index contributed by atoms with van der Waals surface area (Å²) in [7, 11) is 0. The van der Waals surface area contributed by atoms with Crippen molar-refractivity contribution in [3.8, 4) is 11.5 Å². The van der Waals surface area contributed by atoms with Crippen LogP contribution in [0.4, 0.5) is 0 Å². The first-order valence-electron chi connectivity index (χ1n) is 5.94. The summed E-state index contributed by atoms with van der Waals surface area (Å²) < 4.78 is 11.3. The van der Waals surface area contributed by atoms with Crippen molar-refractivity contribution in [2.75, 3.05) is 18.5 Å². The lowest BCUT2D eigenvalue weighted by molar-refractivity contribution is 0.297. The second-order valence-electron chi connectivity index (χ2n) is 4.08. The Hall–Kier alpha value is -0.960. The van der Waals surface area contributed by atoms with Crippen LogP contribution in [0.2, 0.25) is 0 Å². The predicted molar refractivity (Wildman–Crippen MR) is 74.1 cm³/mol. The van der Waals surface area contributed by atoms with Gasteiger partial charge in [-0.15, -0.1) is 0 Å². The first-order valence-corrected chi connectivity index (χ1v) is 7.06. The van der Waals surface area contributed by atoms with E-state index in [4.69, 9.17) is 9.47 Å². The molecule has 2 rings (SSSR count). The molecule has 0 fully saturated rings. The van der Waals surface area contributed by atoms with Crippen molar-refractivity contribution in [1.82, 2.24) is 0 Å². The van der Waals surface area contributed by atoms with Gasteiger partial charge in [0.05, 0.1) is 13.2 Å². The Bertz CT molecular complexity index is 413. The summed E-state index contributed by atoms with van der Waals surface area (Å²) in [5.74, 6) is 1.73. The van der Waals surface area contributed by atoms with Gasteiger partial charge in [-0.1, -0.05) is 28.1 Å². The Kier molecular flexibility index (Phi) is 4.49. The number of fused-ring (bicyclic) bond motifs is 1. The monoisotopic (exact) mass is 296 g/mol. The van der Waals surface area contributed by atoms with E-state index in [1.807, 2.05) is 6.07 Å². The fraction of sp³-hybridized carbons (Fsp3) is 0.429. The molecule has 92 valence electrons. The summed E-state index contributed by atoms with van der Waals surface area (Å²) in [5.41, 5.74) is 2.48. The van der Waals surface area contributed by atoms with Crippen LogP contribution >= 0.6 is 15.9 Å². The SMILES string of the molecule is CC(=CCCBr)c1ccc2c(c1)OCCCO2. The van der Waals surface area contributed by atoms with Crippen LogP contribution in [0.25, 0.3) is 5.57 Å². The molecule has 1 aromatic carbocycles. The van der Waals surface area contributed by atoms with Gasteiger partial charge in [0.1, 0.15) is 0 Å². The van der Waals surface area contributed by atoms with Gasteiger partial charge in [0.15, 0.2) is 11.5 Å². The molecular weight excluding hydrogens is 280 g/mol. The third-order valence-corrected chi connectivity index (χ3v) is 3.22. The molecule has 0 saturated carbocycles. The lowest BCUT2D eigenvalue weighted by atomic mass is 10.1. The van der Waals surface area contributed by atoms with Crippen LogP contribution in [0.15, 0.2) is 24.3 Å². The van der Waals surface area contributed by atoms with E-state index in [1.165, 1.54) is 11.1 Å². The van der Waals surface area contributed by atoms with Gasteiger partial charge in [0, 0.05) is 11.8 Å². The first kappa shape index (κ1) is 12.5. The van der Waals surface area contributed by atoms with Crippen molar-refractivity contribution in [2.45, 2.75) is 19.8 Å². The van der Waals surface area contributed by atoms with Crippen LogP contribution in [0.3, 0.4) is 0 Å². The Labute approximate surface area is 111 Å². The second kappa shape index (κ2) is 6.10. The summed E-state index contributed by atoms with van der Waals surface area (Å²) in [6, 6.07) is 6.16. The molecule has 0 atom stereocenters. The maximum Gasteiger partial charge on any atom is 0.161 e. The topological polar surface area (TPSA) is 18.5 Å². The molecule has 0 aromatic heterocycles. The van der Waals surface area contributed by atoms with Gasteiger partial charge in [-0.25, -0.2) is 0 Å². The highest BCUT2D eigenvalue weighted by atomic mass is 79.9. The third kappa shape index (κ3) is 3.25. The standard InChI is InChI=1S/C14H17BrO2/c1-11(4-2-7-15)12-5-6-13-14(10-12)17-9-3-8-16-13/h4-6,10H,2-3,7-9H2,1H3. The summed E-state index contributed by atoms with van der Waals surface area (Å²) in [5, 5.41) is 0.995. The molecule has 0 bridgehead atoms. The van der Waals surface area contributed by atoms with Crippen molar-refractivity contribution >= 4 is 21.5 Å². The molecule has 0 unspecified atom stereocenters. The number of rotatable bonds is 3. The first-order chi connectivity index (χ1) is 8.31. The number of halogens is 1. The molecule has 1 heterocycles. The number of benzene rings is 1. The van der Waals surface area contributed by atoms with Crippen LogP contribution in [0.1, 0.15) is 25.3 Å². The van der Waals surface area contributed by atoms with Crippen LogP contribution in [-0.4, -0.2) is 18.5 Å². The van der Waals surface area contributed by atoms with E-state index < -0.39 is 0 Å². The molecule has 1 aliphatic heterocycles. The van der Waals surface area contributed by atoms with E-state index in [9.17, 15) is 0 Å². The van der Waals surface area contributed by atoms with E-state index in [0.717, 1.165) is 42.9 Å². The zero-order chi connectivity index (χ0) is 12.1. The number of allylic oxidation sites excluding steroid dienone is 2. The summed E-state index contributed by atoms with van der Waals surface area (Å²) in [6.07, 6.45) is 4.22. The molecule has 0 saturated heterocycles. The van der Waals surface area contributed by atoms with Gasteiger partial charge in [-0.2, -0.15) is 0 Å². The fourth-order valence-electron chi connectivity index (χ4n) is 1.80. The Balaban J connectivity index is 2.23. The quantitative estimate of drug-likeness (QED) is 0.784. The van der Waals surface area contributed by atoms with Crippen molar-refractivity contribution < 1.29 is 9.47 Å². The largest absolute Gasteiger partial charge is 0.490 e. The van der Waals surface area contributed by atoms with E-state index in [2.05, 4.69) is 41.1 Å². The molecule has 2 nitrogen and oxygen atoms in total.